The summed E-state index contributed by atoms with van der Waals surface area (Å²) >= 11 is 6.47. The van der Waals surface area contributed by atoms with Gasteiger partial charge in [0, 0.05) is 25.7 Å². The number of piperidine rings is 1. The molecule has 1 aromatic heterocycles. The van der Waals surface area contributed by atoms with Crippen molar-refractivity contribution < 1.29 is 19.4 Å². The van der Waals surface area contributed by atoms with Gasteiger partial charge in [-0.15, -0.1) is 0 Å². The number of aromatic nitrogens is 1. The number of rotatable bonds is 3. The molecule has 1 aliphatic carbocycles. The van der Waals surface area contributed by atoms with Crippen molar-refractivity contribution in [1.29, 1.82) is 0 Å². The van der Waals surface area contributed by atoms with Crippen LogP contribution in [0.1, 0.15) is 44.9 Å². The molecule has 3 aliphatic rings. The van der Waals surface area contributed by atoms with Crippen molar-refractivity contribution in [2.24, 2.45) is 5.41 Å². The number of aliphatic hydroxyl groups excluding tert-OH is 1. The molecule has 2 saturated heterocycles. The maximum absolute atomic E-state index is 13.5. The Morgan fingerprint density at radius 1 is 1.30 bits per heavy atom. The van der Waals surface area contributed by atoms with Crippen molar-refractivity contribution in [3.8, 4) is 0 Å². The van der Waals surface area contributed by atoms with Crippen LogP contribution in [-0.2, 0) is 9.53 Å². The minimum atomic E-state index is -0.579. The maximum Gasteiger partial charge on any atom is 0.411 e. The second kappa shape index (κ2) is 8.59. The first kappa shape index (κ1) is 21.2. The van der Waals surface area contributed by atoms with Crippen molar-refractivity contribution in [3.63, 3.8) is 0 Å². The van der Waals surface area contributed by atoms with Crippen LogP contribution in [0.2, 0.25) is 5.02 Å². The fourth-order valence-electron chi connectivity index (χ4n) is 5.16. The summed E-state index contributed by atoms with van der Waals surface area (Å²) in [6.07, 6.45) is 6.71. The zero-order valence-electron chi connectivity index (χ0n) is 17.3. The normalized spacial score (nSPS) is 29.4. The molecule has 2 amide bonds. The van der Waals surface area contributed by atoms with Crippen molar-refractivity contribution in [2.75, 3.05) is 37.0 Å². The molecule has 30 heavy (non-hydrogen) atoms. The maximum atomic E-state index is 13.5. The van der Waals surface area contributed by atoms with Crippen LogP contribution in [0.25, 0.3) is 0 Å². The standard InChI is InChI=1S/C21H29ClN4O4/c1-30-20(29)24-14-11-17(22)18(23-12-14)25-9-2-7-21(13-25)8-10-26(19(21)28)15-3-5-16(27)6-4-15/h11-12,15-16,27H,2-10,13H2,1H3,(H,24,29)/t15-,16-,21-/m1/s1. The second-order valence-electron chi connectivity index (χ2n) is 8.66. The number of nitrogens with one attached hydrogen (secondary N) is 1. The number of hydrogen-bond acceptors (Lipinski definition) is 6. The summed E-state index contributed by atoms with van der Waals surface area (Å²) in [6, 6.07) is 1.90. The van der Waals surface area contributed by atoms with Gasteiger partial charge >= 0.3 is 6.09 Å². The lowest BCUT2D eigenvalue weighted by atomic mass is 9.78. The lowest BCUT2D eigenvalue weighted by molar-refractivity contribution is -0.139. The third-order valence-corrected chi connectivity index (χ3v) is 7.06. The largest absolute Gasteiger partial charge is 0.453 e. The Morgan fingerprint density at radius 3 is 2.77 bits per heavy atom. The van der Waals surface area contributed by atoms with Gasteiger partial charge < -0.3 is 19.6 Å². The van der Waals surface area contributed by atoms with Gasteiger partial charge in [0.25, 0.3) is 0 Å². The van der Waals surface area contributed by atoms with E-state index in [0.29, 0.717) is 23.1 Å². The number of amides is 2. The van der Waals surface area contributed by atoms with Crippen LogP contribution in [0.4, 0.5) is 16.3 Å². The first-order chi connectivity index (χ1) is 14.4. The highest BCUT2D eigenvalue weighted by molar-refractivity contribution is 6.33. The van der Waals surface area contributed by atoms with Crippen LogP contribution in [-0.4, -0.2) is 65.9 Å². The molecule has 1 aromatic rings. The third kappa shape index (κ3) is 4.07. The molecule has 9 heteroatoms. The minimum absolute atomic E-state index is 0.219. The number of likely N-dealkylation sites (tertiary alicyclic amines) is 1. The summed E-state index contributed by atoms with van der Waals surface area (Å²) < 4.78 is 4.59. The van der Waals surface area contributed by atoms with Gasteiger partial charge in [-0.3, -0.25) is 10.1 Å². The Hall–Kier alpha value is -2.06. The van der Waals surface area contributed by atoms with Gasteiger partial charge in [-0.05, 0) is 51.0 Å². The van der Waals surface area contributed by atoms with Crippen LogP contribution in [0.5, 0.6) is 0 Å². The smallest absolute Gasteiger partial charge is 0.411 e. The van der Waals surface area contributed by atoms with Crippen LogP contribution in [0.15, 0.2) is 12.3 Å². The van der Waals surface area contributed by atoms with Crippen molar-refractivity contribution in [2.45, 2.75) is 57.1 Å². The zero-order chi connectivity index (χ0) is 21.3. The van der Waals surface area contributed by atoms with E-state index in [1.807, 2.05) is 0 Å². The van der Waals surface area contributed by atoms with Crippen LogP contribution < -0.4 is 10.2 Å². The van der Waals surface area contributed by atoms with Crippen molar-refractivity contribution >= 4 is 35.1 Å². The predicted molar refractivity (Wildman–Crippen MR) is 114 cm³/mol. The van der Waals surface area contributed by atoms with E-state index in [1.54, 1.807) is 12.3 Å². The Bertz CT molecular complexity index is 814. The fourth-order valence-corrected chi connectivity index (χ4v) is 5.44. The number of halogens is 1. The average Bonchev–Trinajstić information content (AvgIpc) is 3.04. The van der Waals surface area contributed by atoms with E-state index < -0.39 is 6.09 Å². The molecule has 8 nitrogen and oxygen atoms in total. The van der Waals surface area contributed by atoms with Crippen LogP contribution in [0, 0.1) is 5.41 Å². The number of nitrogens with zero attached hydrogens (tertiary/aromatic N) is 3. The molecule has 2 N–H and O–H groups in total. The van der Waals surface area contributed by atoms with E-state index in [9.17, 15) is 14.7 Å². The summed E-state index contributed by atoms with van der Waals surface area (Å²) in [4.78, 5) is 33.5. The quantitative estimate of drug-likeness (QED) is 0.756. The number of pyridine rings is 1. The molecule has 1 spiro atoms. The van der Waals surface area contributed by atoms with Gasteiger partial charge in [0.15, 0.2) is 0 Å². The van der Waals surface area contributed by atoms with E-state index in [4.69, 9.17) is 11.6 Å². The summed E-state index contributed by atoms with van der Waals surface area (Å²) in [7, 11) is 1.29. The fraction of sp³-hybridized carbons (Fsp3) is 0.667. The number of hydrogen-bond donors (Lipinski definition) is 2. The van der Waals surface area contributed by atoms with Crippen molar-refractivity contribution in [1.82, 2.24) is 9.88 Å². The highest BCUT2D eigenvalue weighted by Crippen LogP contribution is 2.44. The zero-order valence-corrected chi connectivity index (χ0v) is 18.0. The van der Waals surface area contributed by atoms with E-state index in [2.05, 4.69) is 24.8 Å². The van der Waals surface area contributed by atoms with Crippen LogP contribution >= 0.6 is 11.6 Å². The van der Waals surface area contributed by atoms with Gasteiger partial charge in [-0.25, -0.2) is 9.78 Å². The molecule has 0 unspecified atom stereocenters. The summed E-state index contributed by atoms with van der Waals surface area (Å²) in [5, 5.41) is 12.8. The number of anilines is 2. The lowest BCUT2D eigenvalue weighted by Crippen LogP contribution is -2.50. The summed E-state index contributed by atoms with van der Waals surface area (Å²) in [5.41, 5.74) is 0.0762. The van der Waals surface area contributed by atoms with Gasteiger partial charge in [0.05, 0.1) is 35.5 Å². The second-order valence-corrected chi connectivity index (χ2v) is 9.07. The predicted octanol–water partition coefficient (Wildman–Crippen LogP) is 3.04. The monoisotopic (exact) mass is 436 g/mol. The van der Waals surface area contributed by atoms with E-state index in [1.165, 1.54) is 7.11 Å². The molecule has 4 rings (SSSR count). The summed E-state index contributed by atoms with van der Waals surface area (Å²) in [6.45, 7) is 2.19. The molecule has 2 aliphatic heterocycles. The molecule has 1 atom stereocenters. The molecule has 0 aromatic carbocycles. The molecular weight excluding hydrogens is 408 g/mol. The number of ether oxygens (including phenoxy) is 1. The van der Waals surface area contributed by atoms with E-state index in [0.717, 1.165) is 58.0 Å². The van der Waals surface area contributed by atoms with Gasteiger partial charge in [-0.2, -0.15) is 0 Å². The number of methoxy groups -OCH3 is 1. The van der Waals surface area contributed by atoms with Gasteiger partial charge in [0.2, 0.25) is 5.91 Å². The van der Waals surface area contributed by atoms with E-state index in [-0.39, 0.29) is 23.5 Å². The topological polar surface area (TPSA) is 95.0 Å². The van der Waals surface area contributed by atoms with Crippen molar-refractivity contribution in [3.05, 3.63) is 17.3 Å². The van der Waals surface area contributed by atoms with Gasteiger partial charge in [-0.1, -0.05) is 11.6 Å². The first-order valence-electron chi connectivity index (χ1n) is 10.7. The molecule has 0 radical (unpaired) electrons. The minimum Gasteiger partial charge on any atom is -0.453 e. The number of carbonyl (C=O) groups excluding carboxylic acids is 2. The molecule has 1 saturated carbocycles. The highest BCUT2D eigenvalue weighted by atomic mass is 35.5. The molecular formula is C21H29ClN4O4. The Balaban J connectivity index is 1.47. The third-order valence-electron chi connectivity index (χ3n) is 6.78. The molecule has 164 valence electrons. The lowest BCUT2D eigenvalue weighted by Gasteiger charge is -2.41. The summed E-state index contributed by atoms with van der Waals surface area (Å²) in [5.74, 6) is 0.881. The Morgan fingerprint density at radius 2 is 2.07 bits per heavy atom. The van der Waals surface area contributed by atoms with E-state index >= 15 is 0 Å². The average molecular weight is 437 g/mol. The molecule has 0 bridgehead atoms. The number of carbonyl (C=O) groups is 2. The van der Waals surface area contributed by atoms with Gasteiger partial charge in [0.1, 0.15) is 5.82 Å². The SMILES string of the molecule is COC(=O)Nc1cnc(N2CCC[C@@]3(CCN([C@H]4CC[C@H](O)CC4)C3=O)C2)c(Cl)c1. The molecule has 3 fully saturated rings. The highest BCUT2D eigenvalue weighted by Gasteiger charge is 2.51. The number of aliphatic hydroxyl groups is 1. The Labute approximate surface area is 181 Å². The molecule has 3 heterocycles. The Kier molecular flexibility index (Phi) is 6.06. The van der Waals surface area contributed by atoms with Crippen LogP contribution in [0.3, 0.4) is 0 Å². The first-order valence-corrected chi connectivity index (χ1v) is 11.0.